The summed E-state index contributed by atoms with van der Waals surface area (Å²) in [5.74, 6) is 1.73. The van der Waals surface area contributed by atoms with Crippen LogP contribution < -0.4 is 14.8 Å². The van der Waals surface area contributed by atoms with E-state index in [1.807, 2.05) is 18.2 Å². The van der Waals surface area contributed by atoms with Crippen LogP contribution in [0.1, 0.15) is 17.5 Å². The van der Waals surface area contributed by atoms with E-state index in [0.29, 0.717) is 29.5 Å². The Morgan fingerprint density at radius 3 is 2.75 bits per heavy atom. The highest BCUT2D eigenvalue weighted by Crippen LogP contribution is 2.33. The lowest BCUT2D eigenvalue weighted by Crippen LogP contribution is -2.12. The highest BCUT2D eigenvalue weighted by atomic mass is 32.2. The zero-order chi connectivity index (χ0) is 19.3. The van der Waals surface area contributed by atoms with Gasteiger partial charge in [0.25, 0.3) is 0 Å². The van der Waals surface area contributed by atoms with Crippen molar-refractivity contribution in [3.8, 4) is 11.5 Å². The first-order valence-electron chi connectivity index (χ1n) is 8.55. The molecule has 28 heavy (non-hydrogen) atoms. The van der Waals surface area contributed by atoms with E-state index in [1.165, 1.54) is 35.2 Å². The number of carbonyl (C=O) groups is 1. The highest BCUT2D eigenvalue weighted by Gasteiger charge is 2.14. The fourth-order valence-electron chi connectivity index (χ4n) is 2.58. The third-order valence-electron chi connectivity index (χ3n) is 4.01. The summed E-state index contributed by atoms with van der Waals surface area (Å²) >= 11 is 2.81. The Hall–Kier alpha value is -2.65. The normalized spacial score (nSPS) is 12.2. The minimum atomic E-state index is -0.254. The molecule has 0 aliphatic carbocycles. The van der Waals surface area contributed by atoms with Crippen LogP contribution in [-0.4, -0.2) is 22.9 Å². The zero-order valence-electron chi connectivity index (χ0n) is 14.7. The molecule has 0 spiro atoms. The summed E-state index contributed by atoms with van der Waals surface area (Å²) in [4.78, 5) is 12.2. The first kappa shape index (κ1) is 18.7. The smallest absolute Gasteiger partial charge is 0.231 e. The number of hydrogen-bond donors (Lipinski definition) is 1. The molecule has 1 aromatic heterocycles. The standard InChI is InChI=1S/C19H16FN3O3S2/c20-14-5-1-13(2-6-14)10-27-19-23-22-18(28-19)21-17(24)8-4-12-3-7-15-16(9-12)26-11-25-15/h1-3,5-7,9H,4,8,10-11H2,(H,21,22,24). The van der Waals surface area contributed by atoms with E-state index >= 15 is 0 Å². The summed E-state index contributed by atoms with van der Waals surface area (Å²) in [5.41, 5.74) is 2.00. The van der Waals surface area contributed by atoms with Crippen LogP contribution in [0, 0.1) is 5.82 Å². The molecule has 1 aliphatic heterocycles. The van der Waals surface area contributed by atoms with Crippen molar-refractivity contribution in [1.82, 2.24) is 10.2 Å². The molecule has 0 bridgehead atoms. The summed E-state index contributed by atoms with van der Waals surface area (Å²) in [6.45, 7) is 0.234. The molecule has 0 unspecified atom stereocenters. The van der Waals surface area contributed by atoms with Crippen molar-refractivity contribution in [2.45, 2.75) is 22.9 Å². The van der Waals surface area contributed by atoms with E-state index in [-0.39, 0.29) is 18.5 Å². The molecule has 6 nitrogen and oxygen atoms in total. The minimum Gasteiger partial charge on any atom is -0.454 e. The molecule has 2 heterocycles. The number of carbonyl (C=O) groups excluding carboxylic acids is 1. The number of halogens is 1. The van der Waals surface area contributed by atoms with Crippen LogP contribution in [0.4, 0.5) is 9.52 Å². The number of thioether (sulfide) groups is 1. The van der Waals surface area contributed by atoms with Gasteiger partial charge in [0.15, 0.2) is 15.8 Å². The molecule has 0 atom stereocenters. The van der Waals surface area contributed by atoms with Gasteiger partial charge in [-0.2, -0.15) is 0 Å². The first-order chi connectivity index (χ1) is 13.7. The van der Waals surface area contributed by atoms with E-state index in [1.54, 1.807) is 12.1 Å². The maximum Gasteiger partial charge on any atom is 0.231 e. The van der Waals surface area contributed by atoms with E-state index in [2.05, 4.69) is 15.5 Å². The molecule has 9 heteroatoms. The fraction of sp³-hybridized carbons (Fsp3) is 0.211. The van der Waals surface area contributed by atoms with E-state index < -0.39 is 0 Å². The summed E-state index contributed by atoms with van der Waals surface area (Å²) < 4.78 is 24.3. The van der Waals surface area contributed by atoms with Crippen LogP contribution >= 0.6 is 23.1 Å². The molecule has 0 fully saturated rings. The SMILES string of the molecule is O=C(CCc1ccc2c(c1)OCO2)Nc1nnc(SCc2ccc(F)cc2)s1. The number of nitrogens with one attached hydrogen (secondary N) is 1. The molecule has 0 saturated heterocycles. The third kappa shape index (κ3) is 4.79. The number of aromatic nitrogens is 2. The zero-order valence-corrected chi connectivity index (χ0v) is 16.3. The number of anilines is 1. The average Bonchev–Trinajstić information content (AvgIpc) is 3.34. The number of amides is 1. The number of hydrogen-bond acceptors (Lipinski definition) is 7. The van der Waals surface area contributed by atoms with E-state index in [9.17, 15) is 9.18 Å². The maximum atomic E-state index is 12.9. The van der Waals surface area contributed by atoms with Crippen LogP contribution in [0.25, 0.3) is 0 Å². The van der Waals surface area contributed by atoms with Crippen molar-refractivity contribution in [2.75, 3.05) is 12.1 Å². The topological polar surface area (TPSA) is 73.3 Å². The molecule has 3 aromatic rings. The number of fused-ring (bicyclic) bond motifs is 1. The maximum absolute atomic E-state index is 12.9. The van der Waals surface area contributed by atoms with Crippen molar-refractivity contribution in [1.29, 1.82) is 0 Å². The summed E-state index contributed by atoms with van der Waals surface area (Å²) in [5, 5.41) is 11.3. The van der Waals surface area contributed by atoms with Crippen LogP contribution in [0.15, 0.2) is 46.8 Å². The highest BCUT2D eigenvalue weighted by molar-refractivity contribution is 8.00. The van der Waals surface area contributed by atoms with E-state index in [0.717, 1.165) is 21.2 Å². The number of ether oxygens (including phenoxy) is 2. The Morgan fingerprint density at radius 2 is 1.89 bits per heavy atom. The van der Waals surface area contributed by atoms with Gasteiger partial charge in [-0.3, -0.25) is 4.79 Å². The van der Waals surface area contributed by atoms with Crippen molar-refractivity contribution in [2.24, 2.45) is 0 Å². The molecular formula is C19H16FN3O3S2. The van der Waals surface area contributed by atoms with Crippen molar-refractivity contribution >= 4 is 34.1 Å². The monoisotopic (exact) mass is 417 g/mol. The van der Waals surface area contributed by atoms with Gasteiger partial charge in [0.1, 0.15) is 5.82 Å². The van der Waals surface area contributed by atoms with Crippen LogP contribution in [-0.2, 0) is 17.0 Å². The van der Waals surface area contributed by atoms with Gasteiger partial charge in [-0.15, -0.1) is 10.2 Å². The second-order valence-corrected chi connectivity index (χ2v) is 8.22. The predicted octanol–water partition coefficient (Wildman–Crippen LogP) is 4.27. The predicted molar refractivity (Wildman–Crippen MR) is 105 cm³/mol. The van der Waals surface area contributed by atoms with Gasteiger partial charge in [0.2, 0.25) is 17.8 Å². The molecule has 1 amide bonds. The van der Waals surface area contributed by atoms with Crippen LogP contribution in [0.3, 0.4) is 0 Å². The Bertz CT molecular complexity index is 979. The lowest BCUT2D eigenvalue weighted by Gasteiger charge is -2.03. The molecule has 144 valence electrons. The number of nitrogens with zero attached hydrogens (tertiary/aromatic N) is 2. The van der Waals surface area contributed by atoms with Crippen LogP contribution in [0.5, 0.6) is 11.5 Å². The Labute approximate surface area is 169 Å². The molecule has 2 aromatic carbocycles. The average molecular weight is 417 g/mol. The van der Waals surface area contributed by atoms with Gasteiger partial charge in [-0.25, -0.2) is 4.39 Å². The number of benzene rings is 2. The van der Waals surface area contributed by atoms with Gasteiger partial charge >= 0.3 is 0 Å². The lowest BCUT2D eigenvalue weighted by molar-refractivity contribution is -0.116. The summed E-state index contributed by atoms with van der Waals surface area (Å²) in [6, 6.07) is 12.0. The minimum absolute atomic E-state index is 0.121. The fourth-order valence-corrected chi connectivity index (χ4v) is 4.30. The number of rotatable bonds is 7. The van der Waals surface area contributed by atoms with E-state index in [4.69, 9.17) is 9.47 Å². The van der Waals surface area contributed by atoms with Gasteiger partial charge in [-0.05, 0) is 41.8 Å². The largest absolute Gasteiger partial charge is 0.454 e. The van der Waals surface area contributed by atoms with Crippen molar-refractivity contribution < 1.29 is 18.7 Å². The molecular weight excluding hydrogens is 401 g/mol. The third-order valence-corrected chi connectivity index (χ3v) is 6.05. The Balaban J connectivity index is 1.25. The van der Waals surface area contributed by atoms with Crippen molar-refractivity contribution in [3.05, 3.63) is 59.4 Å². The molecule has 0 saturated carbocycles. The van der Waals surface area contributed by atoms with Gasteiger partial charge in [0.05, 0.1) is 0 Å². The second-order valence-electron chi connectivity index (χ2n) is 6.02. The number of aryl methyl sites for hydroxylation is 1. The molecule has 4 rings (SSSR count). The first-order valence-corrected chi connectivity index (χ1v) is 10.3. The Kier molecular flexibility index (Phi) is 5.73. The summed E-state index contributed by atoms with van der Waals surface area (Å²) in [6.07, 6.45) is 0.921. The van der Waals surface area contributed by atoms with Gasteiger partial charge < -0.3 is 14.8 Å². The second kappa shape index (κ2) is 8.57. The molecule has 1 N–H and O–H groups in total. The summed E-state index contributed by atoms with van der Waals surface area (Å²) in [7, 11) is 0. The quantitative estimate of drug-likeness (QED) is 0.457. The van der Waals surface area contributed by atoms with Gasteiger partial charge in [0, 0.05) is 12.2 Å². The Morgan fingerprint density at radius 1 is 1.11 bits per heavy atom. The molecule has 1 aliphatic rings. The molecule has 0 radical (unpaired) electrons. The van der Waals surface area contributed by atoms with Crippen LogP contribution in [0.2, 0.25) is 0 Å². The van der Waals surface area contributed by atoms with Gasteiger partial charge in [-0.1, -0.05) is 41.3 Å². The van der Waals surface area contributed by atoms with Crippen molar-refractivity contribution in [3.63, 3.8) is 0 Å². The lowest BCUT2D eigenvalue weighted by atomic mass is 10.1.